The van der Waals surface area contributed by atoms with Crippen LogP contribution in [-0.2, 0) is 6.42 Å². The largest absolute Gasteiger partial charge is 0.310 e. The van der Waals surface area contributed by atoms with Gasteiger partial charge in [0.05, 0.1) is 5.52 Å². The van der Waals surface area contributed by atoms with Gasteiger partial charge in [0.15, 0.2) is 0 Å². The maximum atomic E-state index is 4.63. The molecule has 9 rings (SSSR count). The summed E-state index contributed by atoms with van der Waals surface area (Å²) < 4.78 is 5.05. The molecule has 2 heterocycles. The van der Waals surface area contributed by atoms with E-state index in [1.165, 1.54) is 79.5 Å². The number of thiophene rings is 1. The zero-order valence-electron chi connectivity index (χ0n) is 33.8. The monoisotopic (exact) mass is 777 g/mol. The first kappa shape index (κ1) is 39.4. The van der Waals surface area contributed by atoms with Crippen LogP contribution in [0.25, 0.3) is 48.4 Å². The molecule has 2 aromatic heterocycles. The van der Waals surface area contributed by atoms with E-state index in [-0.39, 0.29) is 0 Å². The van der Waals surface area contributed by atoms with E-state index < -0.39 is 10.0 Å². The minimum absolute atomic E-state index is 1.05. The summed E-state index contributed by atoms with van der Waals surface area (Å²) in [5.74, 6) is 0. The molecule has 1 atom stereocenters. The highest BCUT2D eigenvalue weighted by molar-refractivity contribution is 8.37. The minimum atomic E-state index is -2.15. The van der Waals surface area contributed by atoms with Crippen molar-refractivity contribution in [3.8, 4) is 5.69 Å². The van der Waals surface area contributed by atoms with E-state index in [0.29, 0.717) is 0 Å². The quantitative estimate of drug-likeness (QED) is 0.135. The predicted octanol–water partition coefficient (Wildman–Crippen LogP) is 16.5. The molecule has 0 saturated heterocycles. The molecule has 0 bridgehead atoms. The van der Waals surface area contributed by atoms with Crippen molar-refractivity contribution in [2.45, 2.75) is 68.6 Å². The summed E-state index contributed by atoms with van der Waals surface area (Å²) in [7, 11) is -2.15. The van der Waals surface area contributed by atoms with Gasteiger partial charge in [0.1, 0.15) is 0 Å². The van der Waals surface area contributed by atoms with E-state index in [9.17, 15) is 0 Å². The van der Waals surface area contributed by atoms with Crippen molar-refractivity contribution in [2.75, 3.05) is 0 Å². The second kappa shape index (κ2) is 18.0. The Balaban J connectivity index is 0.000000949. The van der Waals surface area contributed by atoms with Gasteiger partial charge in [-0.25, -0.2) is 0 Å². The lowest BCUT2D eigenvalue weighted by Gasteiger charge is -2.43. The molecule has 1 aliphatic rings. The summed E-state index contributed by atoms with van der Waals surface area (Å²) in [6.07, 6.45) is 14.6. The number of para-hydroxylation sites is 1. The smallest absolute Gasteiger partial charge is 0.0537 e. The van der Waals surface area contributed by atoms with Crippen LogP contribution in [0.4, 0.5) is 0 Å². The van der Waals surface area contributed by atoms with Gasteiger partial charge in [0.25, 0.3) is 0 Å². The molecule has 0 radical (unpaired) electrons. The first-order chi connectivity index (χ1) is 28.1. The number of benzene rings is 5. The van der Waals surface area contributed by atoms with E-state index in [1.807, 2.05) is 31.3 Å². The highest BCUT2D eigenvalue weighted by Gasteiger charge is 2.36. The minimum Gasteiger partial charge on any atom is -0.310 e. The number of hydrogen-bond acceptors (Lipinski definition) is 1. The van der Waals surface area contributed by atoms with E-state index in [4.69, 9.17) is 0 Å². The zero-order chi connectivity index (χ0) is 39.8. The van der Waals surface area contributed by atoms with Gasteiger partial charge >= 0.3 is 0 Å². The molecule has 1 aliphatic carbocycles. The lowest BCUT2D eigenvalue weighted by molar-refractivity contribution is 0.966. The van der Waals surface area contributed by atoms with Gasteiger partial charge in [-0.3, -0.25) is 0 Å². The van der Waals surface area contributed by atoms with E-state index in [2.05, 4.69) is 208 Å². The van der Waals surface area contributed by atoms with Crippen molar-refractivity contribution >= 4 is 64.1 Å². The molecule has 6 aromatic carbocycles. The SMILES string of the molecule is C=C/C(=C(\C=C/C)c1cccc2c1sc1ccccc12)S(c1cc#ccc1)(c1ccccc1)c1cccc(-n2c3c(c4ccccc42)CCC=C3)c1.CC.CCC. The zero-order valence-corrected chi connectivity index (χ0v) is 35.4. The Bertz CT molecular complexity index is 2680. The highest BCUT2D eigenvalue weighted by atomic mass is 32.3. The fourth-order valence-electron chi connectivity index (χ4n) is 8.05. The summed E-state index contributed by atoms with van der Waals surface area (Å²) in [6.45, 7) is 15.0. The molecule has 0 saturated carbocycles. The molecule has 1 unspecified atom stereocenters. The van der Waals surface area contributed by atoms with Crippen LogP contribution in [0, 0.1) is 12.1 Å². The van der Waals surface area contributed by atoms with Gasteiger partial charge in [-0.15, -0.1) is 21.4 Å². The number of rotatable bonds is 8. The van der Waals surface area contributed by atoms with Crippen LogP contribution in [-0.4, -0.2) is 4.57 Å². The number of hydrogen-bond donors (Lipinski definition) is 0. The molecular formula is C54H51NS2. The Labute approximate surface area is 345 Å². The topological polar surface area (TPSA) is 4.93 Å². The summed E-state index contributed by atoms with van der Waals surface area (Å²) in [5.41, 5.74) is 7.50. The fourth-order valence-corrected chi connectivity index (χ4v) is 13.3. The van der Waals surface area contributed by atoms with Gasteiger partial charge in [-0.1, -0.05) is 156 Å². The molecule has 8 aromatic rings. The van der Waals surface area contributed by atoms with Gasteiger partial charge in [-0.2, -0.15) is 0 Å². The van der Waals surface area contributed by atoms with Crippen LogP contribution < -0.4 is 0 Å². The van der Waals surface area contributed by atoms with Gasteiger partial charge in [-0.05, 0) is 91.6 Å². The average Bonchev–Trinajstić information content (AvgIpc) is 3.83. The standard InChI is InChI=1S/C49H37NS2.C3H8.C2H6/c1-3-19-42(44-30-18-29-43-41-28-13-16-33-47(41)51-49(43)44)48(4-2)52(36-21-7-5-8-22-36,37-23-9-6-10-24-37)38-25-17-20-35(34-38)50-45-31-14-11-26-39(45)40-27-12-15-32-46(40)50;1-3-2;1-2/h3-5,7-9,11,13-26,28-34H,2,12,27H2,1H3;3H2,1-2H3;1-2H3/b19-3-,48-42-;;. The highest BCUT2D eigenvalue weighted by Crippen LogP contribution is 2.75. The third-order valence-electron chi connectivity index (χ3n) is 10.2. The van der Waals surface area contributed by atoms with Crippen molar-refractivity contribution in [1.29, 1.82) is 0 Å². The van der Waals surface area contributed by atoms with Gasteiger partial charge in [0.2, 0.25) is 0 Å². The fraction of sp³-hybridized carbons (Fsp3) is 0.148. The average molecular weight is 778 g/mol. The lowest BCUT2D eigenvalue weighted by Crippen LogP contribution is -2.09. The number of allylic oxidation sites excluding steroid dienone is 5. The summed E-state index contributed by atoms with van der Waals surface area (Å²) in [6, 6.07) is 57.6. The third-order valence-corrected chi connectivity index (χ3v) is 15.3. The first-order valence-corrected chi connectivity index (χ1v) is 22.7. The lowest BCUT2D eigenvalue weighted by atomic mass is 10.0. The summed E-state index contributed by atoms with van der Waals surface area (Å²) in [4.78, 5) is 4.86. The first-order valence-electron chi connectivity index (χ1n) is 20.2. The molecule has 0 fully saturated rings. The Morgan fingerprint density at radius 2 is 1.47 bits per heavy atom. The van der Waals surface area contributed by atoms with Crippen LogP contribution in [0.2, 0.25) is 0 Å². The molecule has 0 spiro atoms. The van der Waals surface area contributed by atoms with E-state index in [0.717, 1.165) is 18.5 Å². The molecule has 0 aliphatic heterocycles. The summed E-state index contributed by atoms with van der Waals surface area (Å²) >= 11 is 1.87. The Morgan fingerprint density at radius 1 is 0.772 bits per heavy atom. The molecule has 3 heteroatoms. The number of fused-ring (bicyclic) bond motifs is 6. The second-order valence-corrected chi connectivity index (χ2v) is 17.8. The van der Waals surface area contributed by atoms with Crippen LogP contribution in [0.5, 0.6) is 0 Å². The van der Waals surface area contributed by atoms with Gasteiger partial charge in [0, 0.05) is 68.2 Å². The second-order valence-electron chi connectivity index (χ2n) is 13.7. The number of nitrogens with zero attached hydrogens (tertiary/aromatic N) is 1. The van der Waals surface area contributed by atoms with E-state index in [1.54, 1.807) is 0 Å². The van der Waals surface area contributed by atoms with Crippen molar-refractivity contribution in [1.82, 2.24) is 4.57 Å². The number of aromatic nitrogens is 1. The van der Waals surface area contributed by atoms with Crippen LogP contribution >= 0.6 is 21.4 Å². The maximum absolute atomic E-state index is 4.63. The molecule has 0 N–H and O–H groups in total. The van der Waals surface area contributed by atoms with Crippen LogP contribution in [0.1, 0.15) is 64.3 Å². The predicted molar refractivity (Wildman–Crippen MR) is 252 cm³/mol. The van der Waals surface area contributed by atoms with Crippen molar-refractivity contribution < 1.29 is 0 Å². The van der Waals surface area contributed by atoms with Gasteiger partial charge < -0.3 is 4.57 Å². The molecule has 0 amide bonds. The van der Waals surface area contributed by atoms with Crippen LogP contribution in [0.3, 0.4) is 0 Å². The van der Waals surface area contributed by atoms with Crippen molar-refractivity contribution in [3.63, 3.8) is 0 Å². The van der Waals surface area contributed by atoms with Crippen molar-refractivity contribution in [3.05, 3.63) is 204 Å². The maximum Gasteiger partial charge on any atom is 0.0537 e. The third kappa shape index (κ3) is 7.10. The molecule has 284 valence electrons. The van der Waals surface area contributed by atoms with Crippen LogP contribution in [0.15, 0.2) is 190 Å². The Hall–Kier alpha value is -5.79. The Morgan fingerprint density at radius 3 is 2.23 bits per heavy atom. The Kier molecular flexibility index (Phi) is 12.4. The molecule has 57 heavy (non-hydrogen) atoms. The molecule has 1 nitrogen and oxygen atoms in total. The summed E-state index contributed by atoms with van der Waals surface area (Å²) in [5, 5.41) is 3.91. The normalized spacial score (nSPS) is 12.9. The van der Waals surface area contributed by atoms with Crippen molar-refractivity contribution in [2.24, 2.45) is 0 Å². The van der Waals surface area contributed by atoms with E-state index >= 15 is 0 Å². The molecular weight excluding hydrogens is 727 g/mol. The number of aryl methyl sites for hydroxylation is 1.